The van der Waals surface area contributed by atoms with Crippen LogP contribution in [-0.2, 0) is 35.2 Å². The second kappa shape index (κ2) is 12.7. The van der Waals surface area contributed by atoms with Crippen molar-refractivity contribution in [3.63, 3.8) is 0 Å². The lowest BCUT2D eigenvalue weighted by Crippen LogP contribution is -2.32. The zero-order chi connectivity index (χ0) is 28.1. The smallest absolute Gasteiger partial charge is 0.231 e. The number of fused-ring (bicyclic) bond motifs is 1. The first-order valence-electron chi connectivity index (χ1n) is 13.7. The summed E-state index contributed by atoms with van der Waals surface area (Å²) < 4.78 is 22.7. The summed E-state index contributed by atoms with van der Waals surface area (Å²) in [5.74, 6) is 0.273. The van der Waals surface area contributed by atoms with Crippen LogP contribution in [0.5, 0.6) is 0 Å². The molecule has 0 spiro atoms. The third-order valence-electron chi connectivity index (χ3n) is 7.56. The van der Waals surface area contributed by atoms with Gasteiger partial charge in [-0.05, 0) is 110 Å². The monoisotopic (exact) mass is 555 g/mol. The molecule has 3 unspecified atom stereocenters. The second-order valence-electron chi connectivity index (χ2n) is 10.5. The molecule has 7 heteroatoms. The van der Waals surface area contributed by atoms with Gasteiger partial charge in [0, 0.05) is 17.3 Å². The lowest BCUT2D eigenvalue weighted by Gasteiger charge is -2.25. The number of nitrogens with zero attached hydrogens (tertiary/aromatic N) is 2. The summed E-state index contributed by atoms with van der Waals surface area (Å²) in [6.45, 7) is 2.53. The SMILES string of the molecule is Cc1cccc(CN(C(=O)C2CC2c2ccccc2)c2ccc3c(c2)CCCC3)n1.NS(=O)c1ccc(F)cc1. The van der Waals surface area contributed by atoms with E-state index in [9.17, 15) is 13.4 Å². The number of anilines is 1. The largest absolute Gasteiger partial charge is 0.306 e. The summed E-state index contributed by atoms with van der Waals surface area (Å²) in [7, 11) is -1.50. The Morgan fingerprint density at radius 3 is 2.38 bits per heavy atom. The van der Waals surface area contributed by atoms with Crippen LogP contribution in [0.1, 0.15) is 53.3 Å². The van der Waals surface area contributed by atoms with Crippen molar-refractivity contribution in [2.24, 2.45) is 11.1 Å². The highest BCUT2D eigenvalue weighted by molar-refractivity contribution is 7.82. The van der Waals surface area contributed by atoms with Gasteiger partial charge >= 0.3 is 0 Å². The molecule has 1 saturated carbocycles. The van der Waals surface area contributed by atoms with E-state index in [2.05, 4.69) is 47.4 Å². The average Bonchev–Trinajstić information content (AvgIpc) is 3.78. The molecule has 1 aromatic heterocycles. The lowest BCUT2D eigenvalue weighted by molar-refractivity contribution is -0.120. The van der Waals surface area contributed by atoms with E-state index < -0.39 is 11.0 Å². The van der Waals surface area contributed by atoms with Crippen LogP contribution in [0.4, 0.5) is 10.1 Å². The van der Waals surface area contributed by atoms with Gasteiger partial charge in [-0.2, -0.15) is 0 Å². The molecule has 40 heavy (non-hydrogen) atoms. The van der Waals surface area contributed by atoms with E-state index in [1.807, 2.05) is 36.1 Å². The predicted octanol–water partition coefficient (Wildman–Crippen LogP) is 6.41. The van der Waals surface area contributed by atoms with Gasteiger partial charge in [0.05, 0.1) is 17.1 Å². The summed E-state index contributed by atoms with van der Waals surface area (Å²) in [6.07, 6.45) is 5.71. The Morgan fingerprint density at radius 2 is 1.68 bits per heavy atom. The van der Waals surface area contributed by atoms with Crippen molar-refractivity contribution >= 4 is 22.6 Å². The van der Waals surface area contributed by atoms with Gasteiger partial charge in [-0.1, -0.05) is 42.5 Å². The third kappa shape index (κ3) is 6.90. The predicted molar refractivity (Wildman–Crippen MR) is 158 cm³/mol. The Kier molecular flexibility index (Phi) is 8.82. The number of halogens is 1. The van der Waals surface area contributed by atoms with E-state index in [0.717, 1.165) is 36.3 Å². The van der Waals surface area contributed by atoms with Gasteiger partial charge in [-0.3, -0.25) is 9.78 Å². The van der Waals surface area contributed by atoms with Gasteiger partial charge in [0.25, 0.3) is 0 Å². The molecule has 0 radical (unpaired) electrons. The maximum Gasteiger partial charge on any atom is 0.231 e. The molecule has 206 valence electrons. The number of carbonyl (C=O) groups excluding carboxylic acids is 1. The average molecular weight is 556 g/mol. The number of hydrogen-bond acceptors (Lipinski definition) is 3. The topological polar surface area (TPSA) is 76.3 Å². The van der Waals surface area contributed by atoms with Crippen LogP contribution in [0.15, 0.2) is 95.9 Å². The zero-order valence-electron chi connectivity index (χ0n) is 22.6. The summed E-state index contributed by atoms with van der Waals surface area (Å²) in [6, 6.07) is 28.3. The molecule has 2 N–H and O–H groups in total. The number of rotatable bonds is 6. The number of nitrogens with two attached hydrogens (primary N) is 1. The van der Waals surface area contributed by atoms with Crippen molar-refractivity contribution in [2.45, 2.75) is 56.4 Å². The van der Waals surface area contributed by atoms with Crippen LogP contribution < -0.4 is 10.0 Å². The second-order valence-corrected chi connectivity index (χ2v) is 11.5. The summed E-state index contributed by atoms with van der Waals surface area (Å²) in [5.41, 5.74) is 7.07. The standard InChI is InChI=1S/C27H28N2O.C6H6FNOS/c1-19-8-7-13-23(28-19)18-29(24-15-14-20-9-5-6-12-22(20)16-24)27(30)26-17-25(26)21-10-3-2-4-11-21;7-5-1-3-6(4-2-5)10(8)9/h2-4,7-8,10-11,13-16,25-26H,5-6,9,12,17-18H2,1H3;1-4H,8H2. The van der Waals surface area contributed by atoms with Crippen molar-refractivity contribution in [2.75, 3.05) is 4.90 Å². The van der Waals surface area contributed by atoms with Gasteiger partial charge in [-0.25, -0.2) is 13.7 Å². The molecule has 1 fully saturated rings. The van der Waals surface area contributed by atoms with E-state index in [4.69, 9.17) is 5.14 Å². The Balaban J connectivity index is 0.000000274. The van der Waals surface area contributed by atoms with Gasteiger partial charge in [0.15, 0.2) is 0 Å². The fourth-order valence-electron chi connectivity index (χ4n) is 5.34. The molecule has 2 aliphatic carbocycles. The molecule has 2 aliphatic rings. The van der Waals surface area contributed by atoms with Crippen molar-refractivity contribution in [3.05, 3.63) is 125 Å². The Morgan fingerprint density at radius 1 is 0.950 bits per heavy atom. The first kappa shape index (κ1) is 27.9. The summed E-state index contributed by atoms with van der Waals surface area (Å²) in [4.78, 5) is 20.7. The minimum Gasteiger partial charge on any atom is -0.306 e. The van der Waals surface area contributed by atoms with E-state index in [0.29, 0.717) is 17.4 Å². The van der Waals surface area contributed by atoms with E-state index >= 15 is 0 Å². The zero-order valence-corrected chi connectivity index (χ0v) is 23.4. The van der Waals surface area contributed by atoms with Crippen LogP contribution in [0.2, 0.25) is 0 Å². The molecule has 1 amide bonds. The van der Waals surface area contributed by atoms with Crippen molar-refractivity contribution in [1.29, 1.82) is 0 Å². The molecule has 1 heterocycles. The van der Waals surface area contributed by atoms with Crippen LogP contribution in [0.3, 0.4) is 0 Å². The molecule has 3 atom stereocenters. The van der Waals surface area contributed by atoms with Gasteiger partial charge in [0.2, 0.25) is 5.91 Å². The molecular weight excluding hydrogens is 521 g/mol. The number of amides is 1. The molecule has 3 aromatic carbocycles. The number of aryl methyl sites for hydroxylation is 3. The summed E-state index contributed by atoms with van der Waals surface area (Å²) >= 11 is 0. The van der Waals surface area contributed by atoms with E-state index in [-0.39, 0.29) is 17.6 Å². The van der Waals surface area contributed by atoms with Gasteiger partial charge in [0.1, 0.15) is 16.8 Å². The van der Waals surface area contributed by atoms with Crippen LogP contribution in [-0.4, -0.2) is 15.1 Å². The molecule has 5 nitrogen and oxygen atoms in total. The first-order chi connectivity index (χ1) is 19.4. The highest BCUT2D eigenvalue weighted by Gasteiger charge is 2.46. The first-order valence-corrected chi connectivity index (χ1v) is 14.9. The van der Waals surface area contributed by atoms with Crippen LogP contribution in [0.25, 0.3) is 0 Å². The summed E-state index contributed by atoms with van der Waals surface area (Å²) in [5, 5.41) is 5.01. The number of pyridine rings is 1. The highest BCUT2D eigenvalue weighted by atomic mass is 32.2. The van der Waals surface area contributed by atoms with Crippen molar-refractivity contribution in [1.82, 2.24) is 4.98 Å². The number of benzene rings is 3. The maximum absolute atomic E-state index is 13.6. The van der Waals surface area contributed by atoms with Crippen molar-refractivity contribution in [3.8, 4) is 0 Å². The fourth-order valence-corrected chi connectivity index (χ4v) is 5.74. The molecule has 6 rings (SSSR count). The van der Waals surface area contributed by atoms with Crippen LogP contribution >= 0.6 is 0 Å². The molecule has 0 aliphatic heterocycles. The minimum atomic E-state index is -1.50. The number of carbonyl (C=O) groups is 1. The van der Waals surface area contributed by atoms with E-state index in [1.165, 1.54) is 53.8 Å². The third-order valence-corrected chi connectivity index (χ3v) is 8.29. The number of aromatic nitrogens is 1. The van der Waals surface area contributed by atoms with Crippen molar-refractivity contribution < 1.29 is 13.4 Å². The number of hydrogen-bond donors (Lipinski definition) is 1. The Bertz CT molecular complexity index is 1490. The Labute approximate surface area is 237 Å². The molecule has 0 saturated heterocycles. The minimum absolute atomic E-state index is 0.0632. The molecule has 4 aromatic rings. The lowest BCUT2D eigenvalue weighted by atomic mass is 9.91. The molecule has 0 bridgehead atoms. The van der Waals surface area contributed by atoms with E-state index in [1.54, 1.807) is 0 Å². The highest BCUT2D eigenvalue weighted by Crippen LogP contribution is 2.49. The molecular formula is C33H34FN3O2S. The normalized spacial score (nSPS) is 18.1. The van der Waals surface area contributed by atoms with Gasteiger partial charge in [-0.15, -0.1) is 0 Å². The maximum atomic E-state index is 13.6. The van der Waals surface area contributed by atoms with Gasteiger partial charge < -0.3 is 4.90 Å². The van der Waals surface area contributed by atoms with Crippen LogP contribution in [0, 0.1) is 18.7 Å². The quantitative estimate of drug-likeness (QED) is 0.299. The fraction of sp³-hybridized carbons (Fsp3) is 0.273. The Hall–Kier alpha value is -3.68.